The van der Waals surface area contributed by atoms with Gasteiger partial charge in [0.15, 0.2) is 0 Å². The summed E-state index contributed by atoms with van der Waals surface area (Å²) >= 11 is 0. The molecule has 0 aliphatic carbocycles. The van der Waals surface area contributed by atoms with Crippen molar-refractivity contribution < 1.29 is 5.11 Å². The molecule has 1 atom stereocenters. The monoisotopic (exact) mass is 195 g/mol. The van der Waals surface area contributed by atoms with Gasteiger partial charge in [-0.25, -0.2) is 4.98 Å². The van der Waals surface area contributed by atoms with Crippen LogP contribution in [0.2, 0.25) is 0 Å². The summed E-state index contributed by atoms with van der Waals surface area (Å²) in [6, 6.07) is 3.88. The maximum Gasteiger partial charge on any atom is 0.127 e. The molecule has 0 bridgehead atoms. The van der Waals surface area contributed by atoms with E-state index in [2.05, 4.69) is 4.98 Å². The Bertz CT molecular complexity index is 267. The lowest BCUT2D eigenvalue weighted by molar-refractivity contribution is 0.267. The molecule has 0 saturated heterocycles. The van der Waals surface area contributed by atoms with Crippen LogP contribution in [-0.2, 0) is 0 Å². The van der Waals surface area contributed by atoms with Crippen LogP contribution in [0.25, 0.3) is 0 Å². The zero-order valence-corrected chi connectivity index (χ0v) is 8.64. The first-order chi connectivity index (χ1) is 6.69. The Kier molecular flexibility index (Phi) is 3.85. The van der Waals surface area contributed by atoms with Crippen LogP contribution in [0.5, 0.6) is 0 Å². The molecule has 78 valence electrons. The highest BCUT2D eigenvalue weighted by Gasteiger charge is 2.08. The maximum absolute atomic E-state index is 9.04. The van der Waals surface area contributed by atoms with E-state index in [1.54, 1.807) is 6.20 Å². The number of anilines is 1. The number of nitrogens with zero attached hydrogens (tertiary/aromatic N) is 2. The van der Waals surface area contributed by atoms with E-state index in [9.17, 15) is 0 Å². The van der Waals surface area contributed by atoms with Crippen LogP contribution in [0.1, 0.15) is 11.5 Å². The van der Waals surface area contributed by atoms with Crippen molar-refractivity contribution in [1.29, 1.82) is 0 Å². The molecule has 14 heavy (non-hydrogen) atoms. The van der Waals surface area contributed by atoms with E-state index in [0.717, 1.165) is 11.4 Å². The van der Waals surface area contributed by atoms with Crippen LogP contribution in [0, 0.1) is 0 Å². The van der Waals surface area contributed by atoms with Gasteiger partial charge in [-0.05, 0) is 11.6 Å². The van der Waals surface area contributed by atoms with E-state index in [4.69, 9.17) is 10.8 Å². The molecule has 0 aromatic carbocycles. The lowest BCUT2D eigenvalue weighted by Gasteiger charge is -2.14. The molecule has 0 aliphatic rings. The number of aromatic nitrogens is 1. The third-order valence-electron chi connectivity index (χ3n) is 2.21. The molecule has 0 spiro atoms. The molecule has 4 heteroatoms. The number of hydrogen-bond acceptors (Lipinski definition) is 4. The van der Waals surface area contributed by atoms with Crippen molar-refractivity contribution in [3.8, 4) is 0 Å². The highest BCUT2D eigenvalue weighted by Crippen LogP contribution is 2.15. The predicted molar refractivity (Wildman–Crippen MR) is 57.4 cm³/mol. The average Bonchev–Trinajstić information content (AvgIpc) is 2.20. The quantitative estimate of drug-likeness (QED) is 0.719. The third kappa shape index (κ3) is 2.43. The Morgan fingerprint density at radius 1 is 1.50 bits per heavy atom. The molecule has 0 fully saturated rings. The summed E-state index contributed by atoms with van der Waals surface area (Å²) in [6.07, 6.45) is 1.77. The van der Waals surface area contributed by atoms with Gasteiger partial charge < -0.3 is 15.7 Å². The maximum atomic E-state index is 9.04. The van der Waals surface area contributed by atoms with Gasteiger partial charge in [0.1, 0.15) is 5.82 Å². The molecule has 1 unspecified atom stereocenters. The number of rotatable bonds is 4. The molecule has 0 aliphatic heterocycles. The van der Waals surface area contributed by atoms with E-state index < -0.39 is 0 Å². The van der Waals surface area contributed by atoms with Crippen LogP contribution in [-0.4, -0.2) is 37.3 Å². The minimum atomic E-state index is -0.00119. The Balaban J connectivity index is 2.81. The fourth-order valence-corrected chi connectivity index (χ4v) is 1.22. The fourth-order valence-electron chi connectivity index (χ4n) is 1.22. The van der Waals surface area contributed by atoms with Crippen molar-refractivity contribution in [3.05, 3.63) is 23.9 Å². The second-order valence-corrected chi connectivity index (χ2v) is 3.46. The number of hydrogen-bond donors (Lipinski definition) is 2. The lowest BCUT2D eigenvalue weighted by Crippen LogP contribution is -2.17. The first kappa shape index (κ1) is 10.9. The summed E-state index contributed by atoms with van der Waals surface area (Å²) in [4.78, 5) is 6.18. The first-order valence-electron chi connectivity index (χ1n) is 4.63. The smallest absolute Gasteiger partial charge is 0.127 e. The number of pyridine rings is 1. The van der Waals surface area contributed by atoms with Gasteiger partial charge in [0, 0.05) is 32.8 Å². The summed E-state index contributed by atoms with van der Waals surface area (Å²) in [5, 5.41) is 9.04. The van der Waals surface area contributed by atoms with Gasteiger partial charge >= 0.3 is 0 Å². The van der Waals surface area contributed by atoms with E-state index in [1.807, 2.05) is 31.1 Å². The molecule has 0 saturated carbocycles. The molecule has 0 radical (unpaired) electrons. The molecule has 0 amide bonds. The van der Waals surface area contributed by atoms with Crippen molar-refractivity contribution in [1.82, 2.24) is 4.98 Å². The number of aliphatic hydroxyl groups is 1. The summed E-state index contributed by atoms with van der Waals surface area (Å²) in [5.41, 5.74) is 6.50. The molecule has 3 N–H and O–H groups in total. The van der Waals surface area contributed by atoms with Gasteiger partial charge in [-0.3, -0.25) is 0 Å². The van der Waals surface area contributed by atoms with Crippen molar-refractivity contribution in [2.45, 2.75) is 5.92 Å². The zero-order chi connectivity index (χ0) is 10.6. The Morgan fingerprint density at radius 2 is 2.21 bits per heavy atom. The van der Waals surface area contributed by atoms with Crippen LogP contribution in [0.15, 0.2) is 18.3 Å². The van der Waals surface area contributed by atoms with Crippen LogP contribution in [0.3, 0.4) is 0 Å². The molecule has 1 aromatic rings. The van der Waals surface area contributed by atoms with E-state index in [-0.39, 0.29) is 12.5 Å². The van der Waals surface area contributed by atoms with Crippen molar-refractivity contribution >= 4 is 5.82 Å². The number of nitrogens with two attached hydrogens (primary N) is 1. The van der Waals surface area contributed by atoms with E-state index in [1.165, 1.54) is 0 Å². The summed E-state index contributed by atoms with van der Waals surface area (Å²) in [5.74, 6) is 0.904. The molecule has 1 heterocycles. The summed E-state index contributed by atoms with van der Waals surface area (Å²) in [7, 11) is 3.88. The van der Waals surface area contributed by atoms with Crippen molar-refractivity contribution in [2.24, 2.45) is 5.73 Å². The highest BCUT2D eigenvalue weighted by atomic mass is 16.3. The molecule has 1 rings (SSSR count). The molecular formula is C10H17N3O. The predicted octanol–water partition coefficient (Wildman–Crippen LogP) is 0.182. The Hall–Kier alpha value is -1.13. The van der Waals surface area contributed by atoms with Gasteiger partial charge in [-0.1, -0.05) is 6.07 Å². The summed E-state index contributed by atoms with van der Waals surface area (Å²) in [6.45, 7) is 0.513. The largest absolute Gasteiger partial charge is 0.396 e. The Labute approximate surface area is 84.4 Å². The summed E-state index contributed by atoms with van der Waals surface area (Å²) < 4.78 is 0. The Morgan fingerprint density at radius 3 is 2.57 bits per heavy atom. The van der Waals surface area contributed by atoms with Crippen LogP contribution >= 0.6 is 0 Å². The minimum Gasteiger partial charge on any atom is -0.396 e. The topological polar surface area (TPSA) is 62.4 Å². The van der Waals surface area contributed by atoms with Crippen LogP contribution < -0.4 is 10.6 Å². The van der Waals surface area contributed by atoms with Crippen molar-refractivity contribution in [2.75, 3.05) is 32.1 Å². The standard InChI is InChI=1S/C10H17N3O/c1-13(2)10-4-3-8(6-12-10)9(5-11)7-14/h3-4,6,9,14H,5,7,11H2,1-2H3. The lowest BCUT2D eigenvalue weighted by atomic mass is 10.0. The van der Waals surface area contributed by atoms with Gasteiger partial charge in [0.2, 0.25) is 0 Å². The van der Waals surface area contributed by atoms with Gasteiger partial charge in [0.05, 0.1) is 6.61 Å². The zero-order valence-electron chi connectivity index (χ0n) is 8.64. The molecule has 4 nitrogen and oxygen atoms in total. The SMILES string of the molecule is CN(C)c1ccc(C(CN)CO)cn1. The second kappa shape index (κ2) is 4.93. The molecular weight excluding hydrogens is 178 g/mol. The van der Waals surface area contributed by atoms with Crippen LogP contribution in [0.4, 0.5) is 5.82 Å². The fraction of sp³-hybridized carbons (Fsp3) is 0.500. The van der Waals surface area contributed by atoms with Gasteiger partial charge in [-0.15, -0.1) is 0 Å². The highest BCUT2D eigenvalue weighted by molar-refractivity contribution is 5.37. The normalized spacial score (nSPS) is 12.6. The average molecular weight is 195 g/mol. The second-order valence-electron chi connectivity index (χ2n) is 3.46. The number of aliphatic hydroxyl groups excluding tert-OH is 1. The molecule has 1 aromatic heterocycles. The first-order valence-corrected chi connectivity index (χ1v) is 4.63. The van der Waals surface area contributed by atoms with Crippen molar-refractivity contribution in [3.63, 3.8) is 0 Å². The van der Waals surface area contributed by atoms with E-state index >= 15 is 0 Å². The van der Waals surface area contributed by atoms with Gasteiger partial charge in [0.25, 0.3) is 0 Å². The van der Waals surface area contributed by atoms with Gasteiger partial charge in [-0.2, -0.15) is 0 Å². The van der Waals surface area contributed by atoms with E-state index in [0.29, 0.717) is 6.54 Å². The third-order valence-corrected chi connectivity index (χ3v) is 2.21. The minimum absolute atomic E-state index is 0.00119.